The molecule has 1 aromatic heterocycles. The van der Waals surface area contributed by atoms with Gasteiger partial charge < -0.3 is 9.64 Å². The number of methoxy groups -OCH3 is 1. The van der Waals surface area contributed by atoms with Crippen LogP contribution in [0.4, 0.5) is 0 Å². The summed E-state index contributed by atoms with van der Waals surface area (Å²) in [6.45, 7) is 5.64. The molecule has 5 heteroatoms. The van der Waals surface area contributed by atoms with Crippen molar-refractivity contribution in [3.63, 3.8) is 0 Å². The van der Waals surface area contributed by atoms with E-state index in [4.69, 9.17) is 4.74 Å². The van der Waals surface area contributed by atoms with E-state index in [0.717, 1.165) is 41.5 Å². The molecule has 0 saturated carbocycles. The maximum Gasteiger partial charge on any atom is 0.265 e. The number of hydrogen-bond donors (Lipinski definition) is 0. The van der Waals surface area contributed by atoms with Gasteiger partial charge in [0.2, 0.25) is 0 Å². The first-order chi connectivity index (χ1) is 9.63. The van der Waals surface area contributed by atoms with Crippen LogP contribution in [0.1, 0.15) is 65.5 Å². The molecule has 0 N–H and O–H groups in total. The van der Waals surface area contributed by atoms with Gasteiger partial charge in [-0.05, 0) is 26.7 Å². The van der Waals surface area contributed by atoms with Gasteiger partial charge in [-0.1, -0.05) is 19.3 Å². The molecular weight excluding hydrogens is 272 g/mol. The molecule has 1 fully saturated rings. The fraction of sp³-hybridized carbons (Fsp3) is 0.733. The zero-order chi connectivity index (χ0) is 14.5. The van der Waals surface area contributed by atoms with Crippen molar-refractivity contribution in [1.29, 1.82) is 0 Å². The maximum absolute atomic E-state index is 12.7. The summed E-state index contributed by atoms with van der Waals surface area (Å²) in [5.74, 6) is 0.149. The first-order valence-corrected chi connectivity index (χ1v) is 8.24. The minimum Gasteiger partial charge on any atom is -0.375 e. The van der Waals surface area contributed by atoms with E-state index in [1.54, 1.807) is 7.11 Å². The van der Waals surface area contributed by atoms with Crippen LogP contribution in [0.2, 0.25) is 0 Å². The highest BCUT2D eigenvalue weighted by Crippen LogP contribution is 2.27. The molecule has 2 rings (SSSR count). The highest BCUT2D eigenvalue weighted by atomic mass is 32.1. The first kappa shape index (κ1) is 15.4. The van der Waals surface area contributed by atoms with E-state index >= 15 is 0 Å². The van der Waals surface area contributed by atoms with Crippen LogP contribution in [0.25, 0.3) is 0 Å². The van der Waals surface area contributed by atoms with Crippen molar-refractivity contribution in [2.24, 2.45) is 0 Å². The van der Waals surface area contributed by atoms with Crippen LogP contribution in [0, 0.1) is 6.92 Å². The molecule has 1 aromatic rings. The predicted octanol–water partition coefficient (Wildman–Crippen LogP) is 3.57. The van der Waals surface area contributed by atoms with Gasteiger partial charge in [-0.25, -0.2) is 4.98 Å². The second-order valence-electron chi connectivity index (χ2n) is 5.40. The Morgan fingerprint density at radius 2 is 1.85 bits per heavy atom. The number of hydrogen-bond acceptors (Lipinski definition) is 4. The Hall–Kier alpha value is -0.940. The van der Waals surface area contributed by atoms with Gasteiger partial charge in [-0.15, -0.1) is 11.3 Å². The summed E-state index contributed by atoms with van der Waals surface area (Å²) < 4.78 is 5.29. The first-order valence-electron chi connectivity index (χ1n) is 7.43. The lowest BCUT2D eigenvalue weighted by atomic mass is 10.1. The standard InChI is InChI=1S/C15H24N2O2S/c1-11-13(20-14(16-11)12(2)19-3)15(18)17-9-7-5-4-6-8-10-17/h12H,4-10H2,1-3H3. The summed E-state index contributed by atoms with van der Waals surface area (Å²) in [7, 11) is 1.67. The van der Waals surface area contributed by atoms with Crippen molar-refractivity contribution >= 4 is 17.2 Å². The smallest absolute Gasteiger partial charge is 0.265 e. The van der Waals surface area contributed by atoms with Crippen molar-refractivity contribution in [1.82, 2.24) is 9.88 Å². The number of ether oxygens (including phenoxy) is 1. The van der Waals surface area contributed by atoms with Crippen LogP contribution in [0.15, 0.2) is 0 Å². The number of likely N-dealkylation sites (tertiary alicyclic amines) is 1. The third-order valence-corrected chi connectivity index (χ3v) is 5.16. The van der Waals surface area contributed by atoms with E-state index in [0.29, 0.717) is 0 Å². The van der Waals surface area contributed by atoms with E-state index in [1.807, 2.05) is 18.7 Å². The summed E-state index contributed by atoms with van der Waals surface area (Å²) in [6, 6.07) is 0. The van der Waals surface area contributed by atoms with Crippen LogP contribution in [-0.4, -0.2) is 36.0 Å². The second kappa shape index (κ2) is 7.18. The third-order valence-electron chi connectivity index (χ3n) is 3.85. The summed E-state index contributed by atoms with van der Waals surface area (Å²) in [5, 5.41) is 0.889. The molecule has 1 unspecified atom stereocenters. The molecule has 0 bridgehead atoms. The van der Waals surface area contributed by atoms with Gasteiger partial charge in [0, 0.05) is 20.2 Å². The van der Waals surface area contributed by atoms with Crippen molar-refractivity contribution in [2.45, 2.75) is 52.1 Å². The molecule has 4 nitrogen and oxygen atoms in total. The molecular formula is C15H24N2O2S. The predicted molar refractivity (Wildman–Crippen MR) is 81.3 cm³/mol. The number of nitrogens with zero attached hydrogens (tertiary/aromatic N) is 2. The van der Waals surface area contributed by atoms with E-state index in [1.165, 1.54) is 30.6 Å². The highest BCUT2D eigenvalue weighted by molar-refractivity contribution is 7.13. The van der Waals surface area contributed by atoms with Gasteiger partial charge in [0.05, 0.1) is 5.69 Å². The highest BCUT2D eigenvalue weighted by Gasteiger charge is 2.23. The van der Waals surface area contributed by atoms with Gasteiger partial charge in [0.1, 0.15) is 16.0 Å². The van der Waals surface area contributed by atoms with Gasteiger partial charge in [0.15, 0.2) is 0 Å². The third kappa shape index (κ3) is 3.58. The van der Waals surface area contributed by atoms with E-state index in [9.17, 15) is 4.79 Å². The molecule has 2 heterocycles. The number of carbonyl (C=O) groups is 1. The summed E-state index contributed by atoms with van der Waals surface area (Å²) in [5.41, 5.74) is 0.834. The Morgan fingerprint density at radius 3 is 2.45 bits per heavy atom. The number of rotatable bonds is 3. The Labute approximate surface area is 125 Å². The topological polar surface area (TPSA) is 42.4 Å². The molecule has 0 spiro atoms. The minimum absolute atomic E-state index is 0.0485. The molecule has 0 aliphatic carbocycles. The van der Waals surface area contributed by atoms with Gasteiger partial charge in [0.25, 0.3) is 5.91 Å². The van der Waals surface area contributed by atoms with Gasteiger partial charge >= 0.3 is 0 Å². The molecule has 20 heavy (non-hydrogen) atoms. The number of thiazole rings is 1. The van der Waals surface area contributed by atoms with Crippen LogP contribution < -0.4 is 0 Å². The van der Waals surface area contributed by atoms with Crippen LogP contribution in [0.5, 0.6) is 0 Å². The van der Waals surface area contributed by atoms with E-state index in [-0.39, 0.29) is 12.0 Å². The zero-order valence-corrected chi connectivity index (χ0v) is 13.5. The minimum atomic E-state index is -0.0485. The van der Waals surface area contributed by atoms with E-state index < -0.39 is 0 Å². The molecule has 1 aliphatic heterocycles. The fourth-order valence-electron chi connectivity index (χ4n) is 2.48. The van der Waals surface area contributed by atoms with Gasteiger partial charge in [-0.3, -0.25) is 4.79 Å². The lowest BCUT2D eigenvalue weighted by molar-refractivity contribution is 0.0746. The van der Waals surface area contributed by atoms with Crippen molar-refractivity contribution in [3.8, 4) is 0 Å². The molecule has 1 atom stereocenters. The monoisotopic (exact) mass is 296 g/mol. The van der Waals surface area contributed by atoms with Crippen LogP contribution >= 0.6 is 11.3 Å². The molecule has 0 aromatic carbocycles. The maximum atomic E-state index is 12.7. The van der Waals surface area contributed by atoms with E-state index in [2.05, 4.69) is 4.98 Å². The molecule has 1 aliphatic rings. The lowest BCUT2D eigenvalue weighted by Crippen LogP contribution is -2.33. The van der Waals surface area contributed by atoms with Crippen molar-refractivity contribution in [2.75, 3.05) is 20.2 Å². The van der Waals surface area contributed by atoms with Crippen molar-refractivity contribution in [3.05, 3.63) is 15.6 Å². The number of amides is 1. The number of aromatic nitrogens is 1. The molecule has 0 radical (unpaired) electrons. The quantitative estimate of drug-likeness (QED) is 0.856. The normalized spacial score (nSPS) is 18.4. The Morgan fingerprint density at radius 1 is 1.25 bits per heavy atom. The average molecular weight is 296 g/mol. The van der Waals surface area contributed by atoms with Gasteiger partial charge in [-0.2, -0.15) is 0 Å². The van der Waals surface area contributed by atoms with Crippen LogP contribution in [0.3, 0.4) is 0 Å². The molecule has 112 valence electrons. The average Bonchev–Trinajstić information content (AvgIpc) is 2.79. The Kier molecular flexibility index (Phi) is 5.54. The Balaban J connectivity index is 2.12. The SMILES string of the molecule is COC(C)c1nc(C)c(C(=O)N2CCCCCCC2)s1. The number of carbonyl (C=O) groups excluding carboxylic acids is 1. The lowest BCUT2D eigenvalue weighted by Gasteiger charge is -2.24. The zero-order valence-electron chi connectivity index (χ0n) is 12.6. The second-order valence-corrected chi connectivity index (χ2v) is 6.44. The summed E-state index contributed by atoms with van der Waals surface area (Å²) >= 11 is 1.48. The van der Waals surface area contributed by atoms with Crippen molar-refractivity contribution < 1.29 is 9.53 Å². The molecule has 1 amide bonds. The molecule has 1 saturated heterocycles. The summed E-state index contributed by atoms with van der Waals surface area (Å²) in [6.07, 6.45) is 5.95. The fourth-order valence-corrected chi connectivity index (χ4v) is 3.55. The number of aryl methyl sites for hydroxylation is 1. The largest absolute Gasteiger partial charge is 0.375 e. The summed E-state index contributed by atoms with van der Waals surface area (Å²) in [4.78, 5) is 19.9. The van der Waals surface area contributed by atoms with Crippen LogP contribution in [-0.2, 0) is 4.74 Å². The Bertz CT molecular complexity index is 451.